The van der Waals surface area contributed by atoms with Gasteiger partial charge in [-0.25, -0.2) is 0 Å². The van der Waals surface area contributed by atoms with Crippen LogP contribution in [0.15, 0.2) is 236 Å². The Hall–Kier alpha value is -8.96. The second kappa shape index (κ2) is 20.3. The fourth-order valence-corrected chi connectivity index (χ4v) is 15.0. The van der Waals surface area contributed by atoms with Gasteiger partial charge in [-0.15, -0.1) is 11.3 Å². The molecule has 0 bridgehead atoms. The molecule has 0 N–H and O–H groups in total. The fraction of sp³-hybridized carbons (Fsp3) is 0.190. The summed E-state index contributed by atoms with van der Waals surface area (Å²) in [4.78, 5) is 4.58. The fourth-order valence-electron chi connectivity index (χ4n) is 13.7. The molecule has 15 rings (SSSR count). The van der Waals surface area contributed by atoms with Gasteiger partial charge in [-0.1, -0.05) is 259 Å². The van der Waals surface area contributed by atoms with Crippen molar-refractivity contribution in [2.24, 2.45) is 0 Å². The van der Waals surface area contributed by atoms with Gasteiger partial charge in [0.2, 0.25) is 0 Å². The van der Waals surface area contributed by atoms with Crippen LogP contribution in [0, 0.1) is 0 Å². The average molecular weight is 1170 g/mol. The highest BCUT2D eigenvalue weighted by atomic mass is 32.1. The van der Waals surface area contributed by atoms with Crippen molar-refractivity contribution in [2.75, 3.05) is 9.80 Å². The summed E-state index contributed by atoms with van der Waals surface area (Å²) in [5.74, 6) is 0. The third kappa shape index (κ3) is 9.12. The van der Waals surface area contributed by atoms with Gasteiger partial charge in [0, 0.05) is 48.6 Å². The number of thiophene rings is 1. The lowest BCUT2D eigenvalue weighted by Crippen LogP contribution is -2.60. The summed E-state index contributed by atoms with van der Waals surface area (Å²) in [5, 5.41) is 7.95. The van der Waals surface area contributed by atoms with Crippen molar-refractivity contribution in [3.8, 4) is 44.5 Å². The normalized spacial score (nSPS) is 15.0. The molecule has 0 spiro atoms. The summed E-state index contributed by atoms with van der Waals surface area (Å²) in [5.41, 5.74) is 13.9. The van der Waals surface area contributed by atoms with E-state index in [1.165, 1.54) is 32.5 Å². The summed E-state index contributed by atoms with van der Waals surface area (Å²) in [6.45, 7) is 25.6. The van der Waals surface area contributed by atoms with Crippen LogP contribution < -0.4 is 25.5 Å². The van der Waals surface area contributed by atoms with Crippen LogP contribution in [-0.2, 0) is 21.7 Å². The number of fused-ring (bicyclic) bond motifs is 12. The molecular weight excluding hydrogens is 1080 g/mol. The quantitative estimate of drug-likeness (QED) is 0.121. The molecule has 0 saturated carbocycles. The van der Waals surface area contributed by atoms with Crippen LogP contribution in [0.3, 0.4) is 0 Å². The monoisotopic (exact) mass is 1160 g/mol. The Morgan fingerprint density at radius 3 is 1.39 bits per heavy atom. The largest absolute Gasteiger partial charge is 0.311 e. The van der Waals surface area contributed by atoms with E-state index in [4.69, 9.17) is 2.74 Å². The minimum absolute atomic E-state index is 0.0720. The number of hydrogen-bond donors (Lipinski definition) is 0. The molecule has 2 nitrogen and oxygen atoms in total. The highest BCUT2D eigenvalue weighted by molar-refractivity contribution is 7.33. The van der Waals surface area contributed by atoms with Gasteiger partial charge >= 0.3 is 0 Å². The van der Waals surface area contributed by atoms with Crippen LogP contribution >= 0.6 is 11.3 Å². The molecule has 0 aliphatic carbocycles. The third-order valence-electron chi connectivity index (χ3n) is 18.4. The molecule has 4 heteroatoms. The Morgan fingerprint density at radius 1 is 0.330 bits per heavy atom. The first kappa shape index (κ1) is 45.3. The summed E-state index contributed by atoms with van der Waals surface area (Å²) in [7, 11) is 0. The van der Waals surface area contributed by atoms with E-state index in [1.54, 1.807) is 11.3 Å². The zero-order valence-electron chi connectivity index (χ0n) is 62.1. The Morgan fingerprint density at radius 2 is 0.807 bits per heavy atom. The van der Waals surface area contributed by atoms with Gasteiger partial charge in [0.25, 0.3) is 6.71 Å². The molecular formula is C84H75BN2S. The summed E-state index contributed by atoms with van der Waals surface area (Å²) >= 11 is 1.69. The Balaban J connectivity index is 1.12. The summed E-state index contributed by atoms with van der Waals surface area (Å²) in [6, 6.07) is 58.8. The lowest BCUT2D eigenvalue weighted by Gasteiger charge is -2.44. The van der Waals surface area contributed by atoms with Crippen LogP contribution in [0.4, 0.5) is 34.1 Å². The minimum atomic E-state index is -0.690. The molecule has 2 aliphatic heterocycles. The molecule has 2 aliphatic rings. The van der Waals surface area contributed by atoms with Gasteiger partial charge in [0.05, 0.1) is 30.8 Å². The number of nitrogens with zero attached hydrogens (tertiary/aromatic N) is 2. The highest BCUT2D eigenvalue weighted by Gasteiger charge is 2.47. The van der Waals surface area contributed by atoms with Gasteiger partial charge < -0.3 is 9.80 Å². The summed E-state index contributed by atoms with van der Waals surface area (Å²) < 4.78 is 96.6. The van der Waals surface area contributed by atoms with Crippen molar-refractivity contribution in [3.05, 3.63) is 259 Å². The Kier molecular flexibility index (Phi) is 10.5. The maximum absolute atomic E-state index is 9.90. The van der Waals surface area contributed by atoms with Crippen LogP contribution in [0.25, 0.3) is 86.9 Å². The second-order valence-corrected chi connectivity index (χ2v) is 29.3. The smallest absolute Gasteiger partial charge is 0.264 e. The molecule has 0 radical (unpaired) electrons. The van der Waals surface area contributed by atoms with Crippen molar-refractivity contribution in [1.29, 1.82) is 0 Å². The van der Waals surface area contributed by atoms with Crippen molar-refractivity contribution in [3.63, 3.8) is 0 Å². The van der Waals surface area contributed by atoms with Crippen molar-refractivity contribution >= 4 is 110 Å². The van der Waals surface area contributed by atoms with Gasteiger partial charge in [0.15, 0.2) is 0 Å². The topological polar surface area (TPSA) is 6.48 Å². The number of benzene rings is 12. The van der Waals surface area contributed by atoms with Crippen LogP contribution in [0.1, 0.15) is 119 Å². The molecule has 0 unspecified atom stereocenters. The first-order valence-electron chi connectivity index (χ1n) is 35.7. The van der Waals surface area contributed by atoms with Crippen LogP contribution in [0.5, 0.6) is 0 Å². The Bertz CT molecular complexity index is 5410. The molecule has 0 atom stereocenters. The standard InChI is InChI=1S/C84H75BN2S/c1-81(2,3)57-38-34-52(35-39-57)55-37-43-73-71(47-55)85-77-74(86(73)72-44-40-58(82(4,5)6)48-66(72)56-36-42-65-63-30-20-19-28-61(63)62-29-21-22-31-64(62)69(65)46-56)32-23-33-75(77)87(79-70-49-59(83(7,8)9)41-45-76(70)88-80(79)85)78-67(53-24-15-13-16-25-53)50-60(84(10,11)12)51-68(78)54-26-17-14-18-27-54/h13-51H,1-12H3/i13D,14D,15D,16D,17D,18D,24D,25D,26D,27D. The van der Waals surface area contributed by atoms with E-state index < -0.39 is 72.6 Å². The average Bonchev–Trinajstić information content (AvgIpc) is 1.27. The molecule has 0 fully saturated rings. The first-order chi connectivity index (χ1) is 46.3. The van der Waals surface area contributed by atoms with Crippen molar-refractivity contribution in [1.82, 2.24) is 0 Å². The van der Waals surface area contributed by atoms with E-state index >= 15 is 0 Å². The van der Waals surface area contributed by atoms with E-state index in [1.807, 2.05) is 32.9 Å². The highest BCUT2D eigenvalue weighted by Crippen LogP contribution is 2.55. The third-order valence-corrected chi connectivity index (χ3v) is 19.7. The molecule has 88 heavy (non-hydrogen) atoms. The van der Waals surface area contributed by atoms with Gasteiger partial charge in [-0.2, -0.15) is 0 Å². The zero-order valence-corrected chi connectivity index (χ0v) is 52.9. The van der Waals surface area contributed by atoms with Crippen LogP contribution in [-0.4, -0.2) is 6.71 Å². The lowest BCUT2D eigenvalue weighted by molar-refractivity contribution is 0.590. The number of hydrogen-bond acceptors (Lipinski definition) is 3. The van der Waals surface area contributed by atoms with Gasteiger partial charge in [-0.05, 0) is 176 Å². The SMILES string of the molecule is [2H]c1c([2H])c([2H])c(-c2cc(C(C)(C)C)cc(-c3c([2H])c([2H])c([2H])c([2H])c3[2H])c2N2c3cccc4c3B(c3cc(-c5ccc(C(C)(C)C)cc5)ccc3N4c3ccc(C(C)(C)C)cc3-c3ccc4c5ccccc5c5ccccc5c4c3)c3sc4ccc(C(C)(C)C)cc4c32)c([2H])c1[2H]. The van der Waals surface area contributed by atoms with E-state index in [0.29, 0.717) is 16.9 Å². The number of rotatable bonds is 6. The molecule has 13 aromatic rings. The van der Waals surface area contributed by atoms with Gasteiger partial charge in [0.1, 0.15) is 0 Å². The first-order valence-corrected chi connectivity index (χ1v) is 31.5. The minimum Gasteiger partial charge on any atom is -0.311 e. The molecule has 430 valence electrons. The molecule has 0 saturated heterocycles. The molecule has 12 aromatic carbocycles. The molecule has 3 heterocycles. The zero-order chi connectivity index (χ0) is 69.5. The van der Waals surface area contributed by atoms with Crippen LogP contribution in [0.2, 0.25) is 0 Å². The predicted molar refractivity (Wildman–Crippen MR) is 385 cm³/mol. The van der Waals surface area contributed by atoms with E-state index in [9.17, 15) is 11.0 Å². The molecule has 0 amide bonds. The lowest BCUT2D eigenvalue weighted by atomic mass is 9.36. The predicted octanol–water partition coefficient (Wildman–Crippen LogP) is 22.3. The van der Waals surface area contributed by atoms with Crippen molar-refractivity contribution < 1.29 is 13.7 Å². The van der Waals surface area contributed by atoms with Crippen molar-refractivity contribution in [2.45, 2.75) is 105 Å². The maximum Gasteiger partial charge on any atom is 0.264 e. The van der Waals surface area contributed by atoms with Gasteiger partial charge in [-0.3, -0.25) is 0 Å². The van der Waals surface area contributed by atoms with E-state index in [0.717, 1.165) is 87.3 Å². The maximum atomic E-state index is 9.90. The molecule has 1 aromatic heterocycles. The second-order valence-electron chi connectivity index (χ2n) is 28.2. The Labute approximate surface area is 538 Å². The van der Waals surface area contributed by atoms with E-state index in [2.05, 4.69) is 236 Å². The van der Waals surface area contributed by atoms with E-state index in [-0.39, 0.29) is 38.5 Å². The summed E-state index contributed by atoms with van der Waals surface area (Å²) in [6.07, 6.45) is 0. The number of anilines is 6.